The highest BCUT2D eigenvalue weighted by molar-refractivity contribution is 7.89. The lowest BCUT2D eigenvalue weighted by atomic mass is 10.2. The van der Waals surface area contributed by atoms with Crippen molar-refractivity contribution in [2.24, 2.45) is 0 Å². The summed E-state index contributed by atoms with van der Waals surface area (Å²) in [6.07, 6.45) is 0. The van der Waals surface area contributed by atoms with Gasteiger partial charge in [0.2, 0.25) is 10.0 Å². The Kier molecular flexibility index (Phi) is 5.16. The minimum atomic E-state index is -3.72. The van der Waals surface area contributed by atoms with E-state index in [0.717, 1.165) is 11.1 Å². The highest BCUT2D eigenvalue weighted by Gasteiger charge is 2.26. The van der Waals surface area contributed by atoms with E-state index in [1.54, 1.807) is 24.3 Å². The summed E-state index contributed by atoms with van der Waals surface area (Å²) < 4.78 is 27.9. The van der Waals surface area contributed by atoms with Gasteiger partial charge in [-0.2, -0.15) is 4.31 Å². The van der Waals surface area contributed by atoms with E-state index in [-0.39, 0.29) is 23.7 Å². The molecule has 0 radical (unpaired) electrons. The molecule has 0 aliphatic rings. The third-order valence-electron chi connectivity index (χ3n) is 3.94. The van der Waals surface area contributed by atoms with Crippen molar-refractivity contribution in [1.82, 2.24) is 4.31 Å². The SMILES string of the molecule is Nc1ccccc1S(=O)(=O)N(Cc1ccccc1)Cc1ccccc1. The van der Waals surface area contributed by atoms with Crippen LogP contribution in [0.25, 0.3) is 0 Å². The molecule has 4 nitrogen and oxygen atoms in total. The summed E-state index contributed by atoms with van der Waals surface area (Å²) in [7, 11) is -3.72. The molecule has 0 fully saturated rings. The Balaban J connectivity index is 1.99. The van der Waals surface area contributed by atoms with Gasteiger partial charge in [0.05, 0.1) is 5.69 Å². The third-order valence-corrected chi connectivity index (χ3v) is 5.81. The first kappa shape index (κ1) is 17.2. The second-order valence-corrected chi connectivity index (χ2v) is 7.69. The van der Waals surface area contributed by atoms with E-state index >= 15 is 0 Å². The number of nitrogens with zero attached hydrogens (tertiary/aromatic N) is 1. The monoisotopic (exact) mass is 352 g/mol. The molecule has 0 unspecified atom stereocenters. The van der Waals surface area contributed by atoms with E-state index in [2.05, 4.69) is 0 Å². The summed E-state index contributed by atoms with van der Waals surface area (Å²) in [6.45, 7) is 0.568. The number of hydrogen-bond acceptors (Lipinski definition) is 3. The number of hydrogen-bond donors (Lipinski definition) is 1. The van der Waals surface area contributed by atoms with Crippen molar-refractivity contribution in [3.05, 3.63) is 96.1 Å². The van der Waals surface area contributed by atoms with Gasteiger partial charge in [-0.15, -0.1) is 0 Å². The maximum Gasteiger partial charge on any atom is 0.245 e. The summed E-state index contributed by atoms with van der Waals surface area (Å²) in [5, 5.41) is 0. The molecule has 128 valence electrons. The van der Waals surface area contributed by atoms with Crippen molar-refractivity contribution in [2.45, 2.75) is 18.0 Å². The van der Waals surface area contributed by atoms with E-state index in [0.29, 0.717) is 0 Å². The van der Waals surface area contributed by atoms with E-state index in [9.17, 15) is 8.42 Å². The molecule has 3 aromatic carbocycles. The van der Waals surface area contributed by atoms with Gasteiger partial charge in [0.25, 0.3) is 0 Å². The molecule has 5 heteroatoms. The molecule has 0 saturated carbocycles. The van der Waals surface area contributed by atoms with Crippen LogP contribution in [0.2, 0.25) is 0 Å². The fourth-order valence-electron chi connectivity index (χ4n) is 2.65. The Bertz CT molecular complexity index is 885. The van der Waals surface area contributed by atoms with Crippen LogP contribution in [-0.4, -0.2) is 12.7 Å². The van der Waals surface area contributed by atoms with Crippen molar-refractivity contribution in [3.63, 3.8) is 0 Å². The average Bonchev–Trinajstić information content (AvgIpc) is 2.63. The molecule has 0 aromatic heterocycles. The molecule has 25 heavy (non-hydrogen) atoms. The smallest absolute Gasteiger partial charge is 0.245 e. The van der Waals surface area contributed by atoms with E-state index in [1.165, 1.54) is 4.31 Å². The summed E-state index contributed by atoms with van der Waals surface area (Å²) in [4.78, 5) is 0.141. The number of rotatable bonds is 6. The van der Waals surface area contributed by atoms with Crippen LogP contribution >= 0.6 is 0 Å². The van der Waals surface area contributed by atoms with Crippen LogP contribution in [0.3, 0.4) is 0 Å². The first-order valence-electron chi connectivity index (χ1n) is 8.00. The van der Waals surface area contributed by atoms with Crippen LogP contribution < -0.4 is 5.73 Å². The molecule has 3 aromatic rings. The lowest BCUT2D eigenvalue weighted by molar-refractivity contribution is 0.401. The predicted octanol–water partition coefficient (Wildman–Crippen LogP) is 3.66. The van der Waals surface area contributed by atoms with Crippen molar-refractivity contribution in [3.8, 4) is 0 Å². The predicted molar refractivity (Wildman–Crippen MR) is 100 cm³/mol. The van der Waals surface area contributed by atoms with Crippen LogP contribution in [0.15, 0.2) is 89.8 Å². The van der Waals surface area contributed by atoms with E-state index < -0.39 is 10.0 Å². The van der Waals surface area contributed by atoms with Crippen LogP contribution in [0, 0.1) is 0 Å². The lowest BCUT2D eigenvalue weighted by Gasteiger charge is -2.23. The Labute approximate surface area is 148 Å². The third kappa shape index (κ3) is 4.07. The molecule has 3 rings (SSSR count). The number of nitrogens with two attached hydrogens (primary N) is 1. The van der Waals surface area contributed by atoms with Gasteiger partial charge in [0.1, 0.15) is 4.90 Å². The number of sulfonamides is 1. The number of benzene rings is 3. The quantitative estimate of drug-likeness (QED) is 0.689. The Morgan fingerprint density at radius 2 is 1.12 bits per heavy atom. The van der Waals surface area contributed by atoms with Gasteiger partial charge in [-0.3, -0.25) is 0 Å². The number of para-hydroxylation sites is 1. The zero-order valence-electron chi connectivity index (χ0n) is 13.7. The summed E-state index contributed by atoms with van der Waals surface area (Å²) in [6, 6.07) is 25.7. The molecule has 0 bridgehead atoms. The summed E-state index contributed by atoms with van der Waals surface area (Å²) in [5.74, 6) is 0. The molecular formula is C20H20N2O2S. The molecule has 2 N–H and O–H groups in total. The molecular weight excluding hydrogens is 332 g/mol. The topological polar surface area (TPSA) is 63.4 Å². The van der Waals surface area contributed by atoms with Crippen molar-refractivity contribution < 1.29 is 8.42 Å². The molecule has 0 amide bonds. The number of nitrogen functional groups attached to an aromatic ring is 1. The van der Waals surface area contributed by atoms with Crippen LogP contribution in [0.5, 0.6) is 0 Å². The van der Waals surface area contributed by atoms with Gasteiger partial charge >= 0.3 is 0 Å². The molecule has 0 saturated heterocycles. The summed E-state index contributed by atoms with van der Waals surface area (Å²) in [5.41, 5.74) is 8.04. The van der Waals surface area contributed by atoms with E-state index in [1.807, 2.05) is 60.7 Å². The normalized spacial score (nSPS) is 11.6. The first-order chi connectivity index (χ1) is 12.1. The molecule has 0 atom stereocenters. The van der Waals surface area contributed by atoms with Gasteiger partial charge in [0.15, 0.2) is 0 Å². The lowest BCUT2D eigenvalue weighted by Crippen LogP contribution is -2.30. The maximum absolute atomic E-state index is 13.2. The van der Waals surface area contributed by atoms with Gasteiger partial charge in [0, 0.05) is 13.1 Å². The average molecular weight is 352 g/mol. The van der Waals surface area contributed by atoms with Crippen molar-refractivity contribution in [1.29, 1.82) is 0 Å². The zero-order valence-corrected chi connectivity index (χ0v) is 14.6. The standard InChI is InChI=1S/C20H20N2O2S/c21-19-13-7-8-14-20(19)25(23,24)22(15-17-9-3-1-4-10-17)16-18-11-5-2-6-12-18/h1-14H,15-16,21H2. The highest BCUT2D eigenvalue weighted by atomic mass is 32.2. The van der Waals surface area contributed by atoms with Gasteiger partial charge in [-0.05, 0) is 23.3 Å². The Hall–Kier alpha value is -2.63. The second-order valence-electron chi connectivity index (χ2n) is 5.78. The molecule has 0 aliphatic carbocycles. The maximum atomic E-state index is 13.2. The Morgan fingerprint density at radius 1 is 0.680 bits per heavy atom. The first-order valence-corrected chi connectivity index (χ1v) is 9.44. The fourth-order valence-corrected chi connectivity index (χ4v) is 4.19. The largest absolute Gasteiger partial charge is 0.398 e. The minimum Gasteiger partial charge on any atom is -0.398 e. The van der Waals surface area contributed by atoms with Crippen LogP contribution in [-0.2, 0) is 23.1 Å². The minimum absolute atomic E-state index is 0.141. The second kappa shape index (κ2) is 7.51. The molecule has 0 heterocycles. The van der Waals surface area contributed by atoms with Gasteiger partial charge in [-0.1, -0.05) is 72.8 Å². The molecule has 0 spiro atoms. The van der Waals surface area contributed by atoms with Crippen LogP contribution in [0.1, 0.15) is 11.1 Å². The van der Waals surface area contributed by atoms with Crippen molar-refractivity contribution >= 4 is 15.7 Å². The summed E-state index contributed by atoms with van der Waals surface area (Å²) >= 11 is 0. The van der Waals surface area contributed by atoms with Gasteiger partial charge in [-0.25, -0.2) is 8.42 Å². The van der Waals surface area contributed by atoms with Gasteiger partial charge < -0.3 is 5.73 Å². The Morgan fingerprint density at radius 3 is 1.60 bits per heavy atom. The fraction of sp³-hybridized carbons (Fsp3) is 0.100. The van der Waals surface area contributed by atoms with Crippen molar-refractivity contribution in [2.75, 3.05) is 5.73 Å². The number of anilines is 1. The van der Waals surface area contributed by atoms with E-state index in [4.69, 9.17) is 5.73 Å². The molecule has 0 aliphatic heterocycles. The zero-order chi connectivity index (χ0) is 17.7. The van der Waals surface area contributed by atoms with Crippen LogP contribution in [0.4, 0.5) is 5.69 Å². The highest BCUT2D eigenvalue weighted by Crippen LogP contribution is 2.25.